The molecule has 104 valence electrons. The first kappa shape index (κ1) is 15.4. The zero-order chi connectivity index (χ0) is 14.6. The van der Waals surface area contributed by atoms with Gasteiger partial charge < -0.3 is 15.4 Å². The van der Waals surface area contributed by atoms with Gasteiger partial charge in [-0.2, -0.15) is 0 Å². The van der Waals surface area contributed by atoms with Gasteiger partial charge in [0.1, 0.15) is 0 Å². The number of aromatic amines is 1. The molecule has 0 spiro atoms. The lowest BCUT2D eigenvalue weighted by Gasteiger charge is -2.25. The number of hydrogen-bond donors (Lipinski definition) is 3. The summed E-state index contributed by atoms with van der Waals surface area (Å²) in [6.07, 6.45) is 1.61. The van der Waals surface area contributed by atoms with Gasteiger partial charge in [-0.05, 0) is 42.3 Å². The van der Waals surface area contributed by atoms with E-state index in [4.69, 9.17) is 5.11 Å². The molecule has 0 fully saturated rings. The molecule has 1 aromatic rings. The molecule has 0 aromatic carbocycles. The smallest absolute Gasteiger partial charge is 0.303 e. The number of nitrogens with one attached hydrogen (secondary N) is 2. The van der Waals surface area contributed by atoms with Crippen LogP contribution in [0.1, 0.15) is 37.0 Å². The van der Waals surface area contributed by atoms with Gasteiger partial charge in [-0.3, -0.25) is 14.4 Å². The molecule has 0 aliphatic rings. The van der Waals surface area contributed by atoms with Gasteiger partial charge in [-0.1, -0.05) is 0 Å². The highest BCUT2D eigenvalue weighted by molar-refractivity contribution is 9.10. The van der Waals surface area contributed by atoms with Gasteiger partial charge in [0, 0.05) is 18.2 Å². The van der Waals surface area contributed by atoms with Crippen LogP contribution < -0.4 is 10.9 Å². The van der Waals surface area contributed by atoms with E-state index in [0.29, 0.717) is 12.0 Å². The second kappa shape index (κ2) is 6.01. The van der Waals surface area contributed by atoms with E-state index in [1.165, 1.54) is 12.3 Å². The summed E-state index contributed by atoms with van der Waals surface area (Å²) in [7, 11) is 0. The number of carboxylic acids is 1. The number of aromatic nitrogens is 1. The van der Waals surface area contributed by atoms with Gasteiger partial charge in [0.05, 0.1) is 10.0 Å². The maximum Gasteiger partial charge on any atom is 0.303 e. The molecule has 0 atom stereocenters. The Morgan fingerprint density at radius 2 is 2.11 bits per heavy atom. The Morgan fingerprint density at radius 1 is 1.47 bits per heavy atom. The Kier molecular flexibility index (Phi) is 4.88. The number of rotatable bonds is 5. The van der Waals surface area contributed by atoms with Gasteiger partial charge in [0.15, 0.2) is 0 Å². The van der Waals surface area contributed by atoms with E-state index in [1.807, 2.05) is 0 Å². The normalized spacial score (nSPS) is 11.1. The quantitative estimate of drug-likeness (QED) is 0.761. The molecule has 1 rings (SSSR count). The van der Waals surface area contributed by atoms with Crippen molar-refractivity contribution in [2.75, 3.05) is 0 Å². The van der Waals surface area contributed by atoms with Crippen molar-refractivity contribution in [3.05, 3.63) is 32.7 Å². The third kappa shape index (κ3) is 4.86. The topological polar surface area (TPSA) is 99.3 Å². The molecule has 1 amide bonds. The molecule has 1 heterocycles. The van der Waals surface area contributed by atoms with Gasteiger partial charge in [0.2, 0.25) is 0 Å². The first-order valence-electron chi connectivity index (χ1n) is 5.64. The molecule has 0 aliphatic carbocycles. The first-order valence-corrected chi connectivity index (χ1v) is 6.43. The molecule has 0 unspecified atom stereocenters. The van der Waals surface area contributed by atoms with Crippen molar-refractivity contribution in [3.63, 3.8) is 0 Å². The standard InChI is InChI=1S/C12H15BrN2O4/c1-12(2,4-3-9(16)17)15-10(18)7-5-8(13)11(19)14-6-7/h5-6H,3-4H2,1-2H3,(H,14,19)(H,15,18)(H,16,17). The van der Waals surface area contributed by atoms with Crippen LogP contribution >= 0.6 is 15.9 Å². The Morgan fingerprint density at radius 3 is 2.63 bits per heavy atom. The van der Waals surface area contributed by atoms with Crippen molar-refractivity contribution >= 4 is 27.8 Å². The predicted molar refractivity (Wildman–Crippen MR) is 73.2 cm³/mol. The summed E-state index contributed by atoms with van der Waals surface area (Å²) >= 11 is 3.04. The Balaban J connectivity index is 2.75. The van der Waals surface area contributed by atoms with Crippen LogP contribution in [0.4, 0.5) is 0 Å². The van der Waals surface area contributed by atoms with Gasteiger partial charge in [0.25, 0.3) is 11.5 Å². The number of carbonyl (C=O) groups is 2. The minimum atomic E-state index is -0.908. The maximum atomic E-state index is 12.0. The number of halogens is 1. The SMILES string of the molecule is CC(C)(CCC(=O)O)NC(=O)c1c[nH]c(=O)c(Br)c1. The Bertz CT molecular complexity index is 551. The highest BCUT2D eigenvalue weighted by Gasteiger charge is 2.22. The van der Waals surface area contributed by atoms with Crippen molar-refractivity contribution in [1.82, 2.24) is 10.3 Å². The molecule has 0 bridgehead atoms. The lowest BCUT2D eigenvalue weighted by Crippen LogP contribution is -2.43. The van der Waals surface area contributed by atoms with Crippen molar-refractivity contribution in [2.45, 2.75) is 32.2 Å². The maximum absolute atomic E-state index is 12.0. The van der Waals surface area contributed by atoms with E-state index in [1.54, 1.807) is 13.8 Å². The number of H-pyrrole nitrogens is 1. The van der Waals surface area contributed by atoms with E-state index >= 15 is 0 Å². The number of carboxylic acid groups (broad SMARTS) is 1. The largest absolute Gasteiger partial charge is 0.481 e. The van der Waals surface area contributed by atoms with Crippen molar-refractivity contribution in [3.8, 4) is 0 Å². The number of carbonyl (C=O) groups excluding carboxylic acids is 1. The number of aliphatic carboxylic acids is 1. The zero-order valence-electron chi connectivity index (χ0n) is 10.6. The molecule has 6 nitrogen and oxygen atoms in total. The summed E-state index contributed by atoms with van der Waals surface area (Å²) in [5.41, 5.74) is -0.658. The van der Waals surface area contributed by atoms with Crippen molar-refractivity contribution in [2.24, 2.45) is 0 Å². The molecule has 0 saturated carbocycles. The van der Waals surface area contributed by atoms with E-state index in [0.717, 1.165) is 0 Å². The summed E-state index contributed by atoms with van der Waals surface area (Å²) in [5, 5.41) is 11.4. The highest BCUT2D eigenvalue weighted by atomic mass is 79.9. The molecule has 0 saturated heterocycles. The van der Waals surface area contributed by atoms with Crippen molar-refractivity contribution in [1.29, 1.82) is 0 Å². The summed E-state index contributed by atoms with van der Waals surface area (Å²) in [6, 6.07) is 1.42. The van der Waals surface area contributed by atoms with Gasteiger partial charge in [-0.15, -0.1) is 0 Å². The number of hydrogen-bond acceptors (Lipinski definition) is 3. The van der Waals surface area contributed by atoms with Crippen LogP contribution in [0.15, 0.2) is 21.5 Å². The van der Waals surface area contributed by atoms with Crippen LogP contribution in [0.5, 0.6) is 0 Å². The van der Waals surface area contributed by atoms with Gasteiger partial charge in [-0.25, -0.2) is 0 Å². The summed E-state index contributed by atoms with van der Waals surface area (Å²) < 4.78 is 0.267. The molecule has 0 aliphatic heterocycles. The minimum absolute atomic E-state index is 0.0252. The van der Waals surface area contributed by atoms with Crippen LogP contribution in [0, 0.1) is 0 Å². The van der Waals surface area contributed by atoms with Crippen LogP contribution in [0.2, 0.25) is 0 Å². The zero-order valence-corrected chi connectivity index (χ0v) is 12.2. The number of amides is 1. The third-order valence-corrected chi connectivity index (χ3v) is 3.12. The summed E-state index contributed by atoms with van der Waals surface area (Å²) in [6.45, 7) is 3.49. The second-order valence-electron chi connectivity index (χ2n) is 4.80. The summed E-state index contributed by atoms with van der Waals surface area (Å²) in [5.74, 6) is -1.28. The fourth-order valence-corrected chi connectivity index (χ4v) is 1.81. The van der Waals surface area contributed by atoms with Crippen molar-refractivity contribution < 1.29 is 14.7 Å². The second-order valence-corrected chi connectivity index (χ2v) is 5.65. The van der Waals surface area contributed by atoms with E-state index in [2.05, 4.69) is 26.2 Å². The average Bonchev–Trinajstić information content (AvgIpc) is 2.29. The van der Waals surface area contributed by atoms with Crippen LogP contribution in [-0.4, -0.2) is 27.5 Å². The van der Waals surface area contributed by atoms with Gasteiger partial charge >= 0.3 is 5.97 Å². The monoisotopic (exact) mass is 330 g/mol. The average molecular weight is 331 g/mol. The van der Waals surface area contributed by atoms with E-state index in [-0.39, 0.29) is 22.4 Å². The lowest BCUT2D eigenvalue weighted by atomic mass is 9.98. The van der Waals surface area contributed by atoms with Crippen LogP contribution in [-0.2, 0) is 4.79 Å². The van der Waals surface area contributed by atoms with Crippen LogP contribution in [0.25, 0.3) is 0 Å². The Hall–Kier alpha value is -1.63. The van der Waals surface area contributed by atoms with Crippen LogP contribution in [0.3, 0.4) is 0 Å². The summed E-state index contributed by atoms with van der Waals surface area (Å²) in [4.78, 5) is 36.1. The molecule has 1 aromatic heterocycles. The fourth-order valence-electron chi connectivity index (χ4n) is 1.45. The third-order valence-electron chi connectivity index (χ3n) is 2.54. The minimum Gasteiger partial charge on any atom is -0.481 e. The first-order chi connectivity index (χ1) is 8.71. The molecule has 3 N–H and O–H groups in total. The molecule has 0 radical (unpaired) electrons. The number of pyridine rings is 1. The fraction of sp³-hybridized carbons (Fsp3) is 0.417. The molecule has 19 heavy (non-hydrogen) atoms. The molecular weight excluding hydrogens is 316 g/mol. The molecular formula is C12H15BrN2O4. The predicted octanol–water partition coefficient (Wildman–Crippen LogP) is 1.51. The molecule has 7 heteroatoms. The van der Waals surface area contributed by atoms with E-state index < -0.39 is 11.5 Å². The highest BCUT2D eigenvalue weighted by Crippen LogP contribution is 2.13. The Labute approximate surface area is 118 Å². The lowest BCUT2D eigenvalue weighted by molar-refractivity contribution is -0.137. The van der Waals surface area contributed by atoms with E-state index in [9.17, 15) is 14.4 Å².